The van der Waals surface area contributed by atoms with Gasteiger partial charge in [0.1, 0.15) is 5.70 Å². The standard InChI is InChI=1S/C6H6N4O4/c1-3-6(10(13)14)5(7)4(2-8-3)9(11)12/h2,4,7H,1H3. The van der Waals surface area contributed by atoms with Crippen molar-refractivity contribution in [2.45, 2.75) is 13.0 Å². The highest BCUT2D eigenvalue weighted by molar-refractivity contribution is 6.10. The summed E-state index contributed by atoms with van der Waals surface area (Å²) >= 11 is 0. The topological polar surface area (TPSA) is 122 Å². The highest BCUT2D eigenvalue weighted by Crippen LogP contribution is 2.15. The second-order valence-electron chi connectivity index (χ2n) is 2.61. The summed E-state index contributed by atoms with van der Waals surface area (Å²) < 4.78 is 0. The maximum Gasteiger partial charge on any atom is 0.318 e. The van der Waals surface area contributed by atoms with Crippen LogP contribution in [0, 0.1) is 25.6 Å². The van der Waals surface area contributed by atoms with E-state index in [0.717, 1.165) is 6.21 Å². The zero-order valence-corrected chi connectivity index (χ0v) is 7.13. The Morgan fingerprint density at radius 1 is 1.50 bits per heavy atom. The fourth-order valence-electron chi connectivity index (χ4n) is 1.04. The van der Waals surface area contributed by atoms with Gasteiger partial charge in [-0.05, 0) is 6.92 Å². The van der Waals surface area contributed by atoms with Gasteiger partial charge in [-0.2, -0.15) is 0 Å². The van der Waals surface area contributed by atoms with Gasteiger partial charge in [-0.25, -0.2) is 0 Å². The minimum atomic E-state index is -1.51. The first-order chi connectivity index (χ1) is 6.45. The average Bonchev–Trinajstić information content (AvgIpc) is 2.02. The molecule has 1 atom stereocenters. The summed E-state index contributed by atoms with van der Waals surface area (Å²) in [6.45, 7) is 1.33. The van der Waals surface area contributed by atoms with Crippen LogP contribution in [0.2, 0.25) is 0 Å². The summed E-state index contributed by atoms with van der Waals surface area (Å²) in [6, 6.07) is -1.51. The average molecular weight is 198 g/mol. The van der Waals surface area contributed by atoms with Crippen LogP contribution in [0.5, 0.6) is 0 Å². The molecule has 14 heavy (non-hydrogen) atoms. The fraction of sp³-hybridized carbons (Fsp3) is 0.333. The van der Waals surface area contributed by atoms with E-state index in [0.29, 0.717) is 0 Å². The molecular formula is C6H6N4O4. The highest BCUT2D eigenvalue weighted by Gasteiger charge is 2.38. The molecule has 0 spiro atoms. The molecule has 0 fully saturated rings. The molecule has 0 aromatic heterocycles. The van der Waals surface area contributed by atoms with Gasteiger partial charge in [0.15, 0.2) is 5.71 Å². The lowest BCUT2D eigenvalue weighted by molar-refractivity contribution is -0.486. The fourth-order valence-corrected chi connectivity index (χ4v) is 1.04. The lowest BCUT2D eigenvalue weighted by atomic mass is 10.1. The van der Waals surface area contributed by atoms with E-state index in [-0.39, 0.29) is 5.70 Å². The molecule has 0 aliphatic carbocycles. The van der Waals surface area contributed by atoms with Gasteiger partial charge in [0.25, 0.3) is 6.04 Å². The summed E-state index contributed by atoms with van der Waals surface area (Å²) in [7, 11) is 0. The van der Waals surface area contributed by atoms with Crippen molar-refractivity contribution in [3.8, 4) is 0 Å². The van der Waals surface area contributed by atoms with Crippen molar-refractivity contribution in [3.05, 3.63) is 31.6 Å². The zero-order chi connectivity index (χ0) is 10.9. The molecule has 0 radical (unpaired) electrons. The molecule has 0 aromatic carbocycles. The second kappa shape index (κ2) is 3.32. The van der Waals surface area contributed by atoms with Gasteiger partial charge in [0.05, 0.1) is 11.1 Å². The van der Waals surface area contributed by atoms with Crippen molar-refractivity contribution in [2.75, 3.05) is 0 Å². The van der Waals surface area contributed by atoms with E-state index >= 15 is 0 Å². The predicted octanol–water partition coefficient (Wildman–Crippen LogP) is 0.244. The first-order valence-corrected chi connectivity index (χ1v) is 3.57. The van der Waals surface area contributed by atoms with Gasteiger partial charge in [0, 0.05) is 4.92 Å². The zero-order valence-electron chi connectivity index (χ0n) is 7.13. The third kappa shape index (κ3) is 1.49. The Kier molecular flexibility index (Phi) is 2.36. The molecule has 0 saturated heterocycles. The van der Waals surface area contributed by atoms with E-state index in [2.05, 4.69) is 4.99 Å². The van der Waals surface area contributed by atoms with E-state index in [1.54, 1.807) is 0 Å². The number of allylic oxidation sites excluding steroid dienone is 1. The lowest BCUT2D eigenvalue weighted by Crippen LogP contribution is -2.36. The van der Waals surface area contributed by atoms with Crippen molar-refractivity contribution < 1.29 is 9.85 Å². The maximum atomic E-state index is 10.5. The molecule has 1 unspecified atom stereocenters. The Morgan fingerprint density at radius 3 is 2.50 bits per heavy atom. The molecule has 1 rings (SSSR count). The van der Waals surface area contributed by atoms with E-state index in [1.807, 2.05) is 0 Å². The Balaban J connectivity index is 3.16. The van der Waals surface area contributed by atoms with Crippen LogP contribution in [-0.2, 0) is 0 Å². The number of nitrogens with zero attached hydrogens (tertiary/aromatic N) is 3. The van der Waals surface area contributed by atoms with Gasteiger partial charge in [0.2, 0.25) is 0 Å². The first kappa shape index (κ1) is 9.96. The summed E-state index contributed by atoms with van der Waals surface area (Å²) in [5.74, 6) is 0. The summed E-state index contributed by atoms with van der Waals surface area (Å²) in [6.07, 6.45) is 0.921. The molecule has 0 saturated carbocycles. The molecule has 0 bridgehead atoms. The van der Waals surface area contributed by atoms with Crippen molar-refractivity contribution in [2.24, 2.45) is 4.99 Å². The van der Waals surface area contributed by atoms with E-state index < -0.39 is 27.3 Å². The molecule has 0 amide bonds. The number of nitro groups is 2. The van der Waals surface area contributed by atoms with Gasteiger partial charge in [-0.1, -0.05) is 0 Å². The maximum absolute atomic E-state index is 10.5. The number of rotatable bonds is 2. The Hall–Kier alpha value is -2.12. The van der Waals surface area contributed by atoms with E-state index in [4.69, 9.17) is 5.41 Å². The van der Waals surface area contributed by atoms with Crippen LogP contribution in [0.25, 0.3) is 0 Å². The van der Waals surface area contributed by atoms with Crippen LogP contribution in [0.3, 0.4) is 0 Å². The molecule has 1 heterocycles. The quantitative estimate of drug-likeness (QED) is 0.504. The van der Waals surface area contributed by atoms with Crippen LogP contribution in [0.15, 0.2) is 16.4 Å². The van der Waals surface area contributed by atoms with Gasteiger partial charge < -0.3 is 0 Å². The van der Waals surface area contributed by atoms with Crippen molar-refractivity contribution >= 4 is 11.9 Å². The summed E-state index contributed by atoms with van der Waals surface area (Å²) in [4.78, 5) is 22.7. The Morgan fingerprint density at radius 2 is 2.07 bits per heavy atom. The van der Waals surface area contributed by atoms with E-state index in [1.165, 1.54) is 6.92 Å². The SMILES string of the molecule is CC1=C([N+](=O)[O-])C(=N)C([N+](=O)[O-])C=N1. The van der Waals surface area contributed by atoms with Crippen LogP contribution in [0.4, 0.5) is 0 Å². The first-order valence-electron chi connectivity index (χ1n) is 3.57. The van der Waals surface area contributed by atoms with Crippen LogP contribution in [-0.4, -0.2) is 27.8 Å². The van der Waals surface area contributed by atoms with Gasteiger partial charge in [-0.3, -0.25) is 30.6 Å². The molecule has 1 aliphatic heterocycles. The van der Waals surface area contributed by atoms with Crippen molar-refractivity contribution in [1.29, 1.82) is 5.41 Å². The molecule has 74 valence electrons. The highest BCUT2D eigenvalue weighted by atomic mass is 16.6. The normalized spacial score (nSPS) is 21.2. The minimum absolute atomic E-state index is 0.0121. The Labute approximate surface area is 77.8 Å². The molecule has 8 nitrogen and oxygen atoms in total. The third-order valence-corrected chi connectivity index (χ3v) is 1.71. The van der Waals surface area contributed by atoms with Crippen molar-refractivity contribution in [3.63, 3.8) is 0 Å². The smallest absolute Gasteiger partial charge is 0.292 e. The van der Waals surface area contributed by atoms with Crippen molar-refractivity contribution in [1.82, 2.24) is 0 Å². The molecule has 1 N–H and O–H groups in total. The monoisotopic (exact) mass is 198 g/mol. The summed E-state index contributed by atoms with van der Waals surface area (Å²) in [5.41, 5.74) is -1.21. The number of hydrogen-bond donors (Lipinski definition) is 1. The molecular weight excluding hydrogens is 192 g/mol. The molecule has 8 heteroatoms. The van der Waals surface area contributed by atoms with Crippen LogP contribution < -0.4 is 0 Å². The summed E-state index contributed by atoms with van der Waals surface area (Å²) in [5, 5.41) is 28.1. The predicted molar refractivity (Wildman–Crippen MR) is 46.7 cm³/mol. The molecule has 0 aromatic rings. The van der Waals surface area contributed by atoms with Crippen LogP contribution >= 0.6 is 0 Å². The largest absolute Gasteiger partial charge is 0.318 e. The number of hydrogen-bond acceptors (Lipinski definition) is 6. The minimum Gasteiger partial charge on any atom is -0.292 e. The van der Waals surface area contributed by atoms with E-state index in [9.17, 15) is 20.2 Å². The number of aliphatic imine (C=N–C) groups is 1. The molecule has 1 aliphatic rings. The second-order valence-corrected chi connectivity index (χ2v) is 2.61. The van der Waals surface area contributed by atoms with Gasteiger partial charge >= 0.3 is 5.70 Å². The Bertz CT molecular complexity index is 383. The van der Waals surface area contributed by atoms with Gasteiger partial charge in [-0.15, -0.1) is 0 Å². The lowest BCUT2D eigenvalue weighted by Gasteiger charge is -2.09. The number of nitrogens with one attached hydrogen (secondary N) is 1. The van der Waals surface area contributed by atoms with Crippen LogP contribution in [0.1, 0.15) is 6.92 Å². The third-order valence-electron chi connectivity index (χ3n) is 1.71.